The molecule has 0 bridgehead atoms. The van der Waals surface area contributed by atoms with E-state index in [0.29, 0.717) is 6.61 Å². The minimum absolute atomic E-state index is 0.674. The van der Waals surface area contributed by atoms with Gasteiger partial charge in [0, 0.05) is 32.4 Å². The summed E-state index contributed by atoms with van der Waals surface area (Å²) in [7, 11) is 0. The molecule has 0 unspecified atom stereocenters. The van der Waals surface area contributed by atoms with Crippen molar-refractivity contribution in [2.75, 3.05) is 37.7 Å². The van der Waals surface area contributed by atoms with E-state index in [4.69, 9.17) is 4.74 Å². The summed E-state index contributed by atoms with van der Waals surface area (Å²) >= 11 is 0. The molecule has 0 amide bonds. The molecule has 0 atom stereocenters. The molecule has 130 valence electrons. The van der Waals surface area contributed by atoms with E-state index in [1.165, 1.54) is 5.56 Å². The number of rotatable bonds is 5. The average molecular weight is 337 g/mol. The molecule has 3 heterocycles. The molecule has 0 saturated carbocycles. The van der Waals surface area contributed by atoms with Gasteiger partial charge in [0.25, 0.3) is 0 Å². The van der Waals surface area contributed by atoms with Gasteiger partial charge in [0.2, 0.25) is 0 Å². The van der Waals surface area contributed by atoms with Gasteiger partial charge in [-0.15, -0.1) is 0 Å². The summed E-state index contributed by atoms with van der Waals surface area (Å²) < 4.78 is 7.63. The second-order valence-electron chi connectivity index (χ2n) is 6.19. The third-order valence-electron chi connectivity index (χ3n) is 4.51. The Morgan fingerprint density at radius 2 is 2.08 bits per heavy atom. The third-order valence-corrected chi connectivity index (χ3v) is 4.51. The van der Waals surface area contributed by atoms with Crippen LogP contribution in [0.15, 0.2) is 42.7 Å². The lowest BCUT2D eigenvalue weighted by Gasteiger charge is -2.28. The fourth-order valence-electron chi connectivity index (χ4n) is 3.32. The summed E-state index contributed by atoms with van der Waals surface area (Å²) in [6.45, 7) is 7.34. The van der Waals surface area contributed by atoms with Crippen molar-refractivity contribution >= 4 is 16.7 Å². The molecule has 1 fully saturated rings. The molecule has 6 heteroatoms. The number of anilines is 1. The highest BCUT2D eigenvalue weighted by molar-refractivity contribution is 5.89. The summed E-state index contributed by atoms with van der Waals surface area (Å²) in [5.74, 6) is 1.94. The normalized spacial score (nSPS) is 14.8. The number of fused-ring (bicyclic) bond motifs is 1. The molecule has 3 aromatic rings. The predicted molar refractivity (Wildman–Crippen MR) is 99.3 cm³/mol. The van der Waals surface area contributed by atoms with E-state index in [-0.39, 0.29) is 0 Å². The summed E-state index contributed by atoms with van der Waals surface area (Å²) in [6.07, 6.45) is 3.82. The lowest BCUT2D eigenvalue weighted by molar-refractivity contribution is 0.340. The Kier molecular flexibility index (Phi) is 4.52. The molecule has 0 aliphatic carbocycles. The van der Waals surface area contributed by atoms with E-state index in [2.05, 4.69) is 32.4 Å². The van der Waals surface area contributed by atoms with Crippen LogP contribution in [-0.4, -0.2) is 47.6 Å². The maximum absolute atomic E-state index is 5.60. The Bertz CT molecular complexity index is 854. The minimum Gasteiger partial charge on any atom is -0.494 e. The molecule has 2 aromatic heterocycles. The van der Waals surface area contributed by atoms with Crippen LogP contribution in [0.5, 0.6) is 5.75 Å². The second kappa shape index (κ2) is 7.11. The van der Waals surface area contributed by atoms with E-state index in [1.807, 2.05) is 42.2 Å². The van der Waals surface area contributed by atoms with Gasteiger partial charge in [-0.2, -0.15) is 5.10 Å². The Hall–Kier alpha value is -2.60. The number of hydrogen-bond acceptors (Lipinski definition) is 5. The van der Waals surface area contributed by atoms with Crippen molar-refractivity contribution in [1.29, 1.82) is 0 Å². The van der Waals surface area contributed by atoms with Gasteiger partial charge in [-0.3, -0.25) is 4.68 Å². The first-order valence-electron chi connectivity index (χ1n) is 8.83. The maximum Gasteiger partial charge on any atom is 0.139 e. The summed E-state index contributed by atoms with van der Waals surface area (Å²) in [6, 6.07) is 10.2. The zero-order valence-corrected chi connectivity index (χ0v) is 14.5. The molecule has 1 N–H and O–H groups in total. The van der Waals surface area contributed by atoms with Crippen molar-refractivity contribution in [1.82, 2.24) is 20.1 Å². The van der Waals surface area contributed by atoms with E-state index in [1.54, 1.807) is 0 Å². The van der Waals surface area contributed by atoms with Crippen molar-refractivity contribution in [3.63, 3.8) is 0 Å². The topological polar surface area (TPSA) is 55.2 Å². The summed E-state index contributed by atoms with van der Waals surface area (Å²) in [4.78, 5) is 6.95. The predicted octanol–water partition coefficient (Wildman–Crippen LogP) is 2.29. The molecule has 1 saturated heterocycles. The number of aromatic nitrogens is 3. The van der Waals surface area contributed by atoms with Crippen molar-refractivity contribution < 1.29 is 4.74 Å². The molecule has 0 spiro atoms. The van der Waals surface area contributed by atoms with E-state index < -0.39 is 0 Å². The number of pyridine rings is 1. The van der Waals surface area contributed by atoms with Crippen LogP contribution in [0.4, 0.5) is 5.82 Å². The first kappa shape index (κ1) is 15.9. The molecular weight excluding hydrogens is 314 g/mol. The van der Waals surface area contributed by atoms with E-state index in [9.17, 15) is 0 Å². The van der Waals surface area contributed by atoms with Crippen molar-refractivity contribution in [3.8, 4) is 5.75 Å². The van der Waals surface area contributed by atoms with Crippen LogP contribution >= 0.6 is 0 Å². The van der Waals surface area contributed by atoms with Gasteiger partial charge in [0.1, 0.15) is 11.6 Å². The first-order chi connectivity index (χ1) is 12.3. The Labute approximate surface area is 147 Å². The van der Waals surface area contributed by atoms with Crippen LogP contribution < -0.4 is 15.0 Å². The highest BCUT2D eigenvalue weighted by Gasteiger charge is 2.16. The second-order valence-corrected chi connectivity index (χ2v) is 6.19. The lowest BCUT2D eigenvalue weighted by atomic mass is 10.2. The minimum atomic E-state index is 0.674. The molecule has 6 nitrogen and oxygen atoms in total. The highest BCUT2D eigenvalue weighted by Crippen LogP contribution is 2.25. The van der Waals surface area contributed by atoms with Gasteiger partial charge in [-0.25, -0.2) is 4.98 Å². The summed E-state index contributed by atoms with van der Waals surface area (Å²) in [5, 5.41) is 9.12. The van der Waals surface area contributed by atoms with Crippen LogP contribution in [0.3, 0.4) is 0 Å². The molecule has 1 aliphatic heterocycles. The monoisotopic (exact) mass is 337 g/mol. The van der Waals surface area contributed by atoms with E-state index >= 15 is 0 Å². The first-order valence-corrected chi connectivity index (χ1v) is 8.83. The standard InChI is InChI=1S/C19H23N5O/c1-2-25-16-5-3-4-15(12-16)14-24-18-6-7-21-19(17(18)13-22-24)23-10-8-20-9-11-23/h3-7,12-13,20H,2,8-11,14H2,1H3. The molecule has 25 heavy (non-hydrogen) atoms. The van der Waals surface area contributed by atoms with E-state index in [0.717, 1.165) is 55.2 Å². The maximum atomic E-state index is 5.60. The van der Waals surface area contributed by atoms with Crippen LogP contribution in [0.1, 0.15) is 12.5 Å². The highest BCUT2D eigenvalue weighted by atomic mass is 16.5. The number of piperazine rings is 1. The molecule has 1 aliphatic rings. The molecular formula is C19H23N5O. The zero-order chi connectivity index (χ0) is 17.1. The number of nitrogens with zero attached hydrogens (tertiary/aromatic N) is 4. The number of ether oxygens (including phenoxy) is 1. The zero-order valence-electron chi connectivity index (χ0n) is 14.5. The molecule has 4 rings (SSSR count). The molecule has 1 aromatic carbocycles. The quantitative estimate of drug-likeness (QED) is 0.774. The Morgan fingerprint density at radius 3 is 2.92 bits per heavy atom. The van der Waals surface area contributed by atoms with Crippen LogP contribution in [0.25, 0.3) is 10.9 Å². The van der Waals surface area contributed by atoms with Crippen molar-refractivity contribution in [3.05, 3.63) is 48.3 Å². The van der Waals surface area contributed by atoms with Gasteiger partial charge >= 0.3 is 0 Å². The summed E-state index contributed by atoms with van der Waals surface area (Å²) in [5.41, 5.74) is 2.29. The molecule has 0 radical (unpaired) electrons. The van der Waals surface area contributed by atoms with Crippen LogP contribution in [-0.2, 0) is 6.54 Å². The van der Waals surface area contributed by atoms with Gasteiger partial charge in [-0.05, 0) is 30.7 Å². The van der Waals surface area contributed by atoms with Crippen LogP contribution in [0.2, 0.25) is 0 Å². The van der Waals surface area contributed by atoms with Crippen molar-refractivity contribution in [2.45, 2.75) is 13.5 Å². The van der Waals surface area contributed by atoms with Gasteiger partial charge in [-0.1, -0.05) is 12.1 Å². The fraction of sp³-hybridized carbons (Fsp3) is 0.368. The van der Waals surface area contributed by atoms with Crippen molar-refractivity contribution in [2.24, 2.45) is 0 Å². The number of nitrogens with one attached hydrogen (secondary N) is 1. The number of hydrogen-bond donors (Lipinski definition) is 1. The van der Waals surface area contributed by atoms with Gasteiger partial charge in [0.15, 0.2) is 0 Å². The largest absolute Gasteiger partial charge is 0.494 e. The average Bonchev–Trinajstić information content (AvgIpc) is 3.06. The smallest absolute Gasteiger partial charge is 0.139 e. The van der Waals surface area contributed by atoms with Gasteiger partial charge < -0.3 is 15.0 Å². The third kappa shape index (κ3) is 3.30. The SMILES string of the molecule is CCOc1cccc(Cn2ncc3c(N4CCNCC4)nccc32)c1. The fourth-order valence-corrected chi connectivity index (χ4v) is 3.32. The Morgan fingerprint density at radius 1 is 1.20 bits per heavy atom. The van der Waals surface area contributed by atoms with Gasteiger partial charge in [0.05, 0.1) is 30.3 Å². The lowest BCUT2D eigenvalue weighted by Crippen LogP contribution is -2.43. The van der Waals surface area contributed by atoms with Crippen LogP contribution in [0, 0.1) is 0 Å². The number of benzene rings is 1. The Balaban J connectivity index is 1.64.